The van der Waals surface area contributed by atoms with Crippen molar-refractivity contribution in [2.75, 3.05) is 0 Å². The largest absolute Gasteiger partial charge is 0.487 e. The van der Waals surface area contributed by atoms with Crippen molar-refractivity contribution >= 4 is 28.8 Å². The zero-order valence-corrected chi connectivity index (χ0v) is 16.1. The Morgan fingerprint density at radius 2 is 1.96 bits per heavy atom. The summed E-state index contributed by atoms with van der Waals surface area (Å²) >= 11 is 7.78. The first-order valence-corrected chi connectivity index (χ1v) is 9.48. The minimum atomic E-state index is -0.181. The average molecular weight is 387 g/mol. The minimum absolute atomic E-state index is 0.154. The number of aromatic nitrogens is 1. The van der Waals surface area contributed by atoms with Gasteiger partial charge in [-0.25, -0.2) is 4.98 Å². The molecule has 0 fully saturated rings. The van der Waals surface area contributed by atoms with E-state index in [9.17, 15) is 4.79 Å². The number of carbonyl (C=O) groups excluding carboxylic acids is 1. The van der Waals surface area contributed by atoms with Crippen LogP contribution in [0.25, 0.3) is 0 Å². The standard InChI is InChI=1S/C20H19ClN2O2S/c1-13(18-5-3-4-6-19(18)21)22-20(24)15-7-9-17(10-8-15)25-11-16-12-26-14(2)23-16/h3-10,12-13H,11H2,1-2H3,(H,22,24)/t13-/m1/s1. The van der Waals surface area contributed by atoms with Crippen molar-refractivity contribution in [3.63, 3.8) is 0 Å². The summed E-state index contributed by atoms with van der Waals surface area (Å²) in [6, 6.07) is 14.4. The topological polar surface area (TPSA) is 51.2 Å². The molecule has 0 radical (unpaired) electrons. The Bertz CT molecular complexity index is 893. The van der Waals surface area contributed by atoms with Crippen LogP contribution >= 0.6 is 22.9 Å². The fourth-order valence-electron chi connectivity index (χ4n) is 2.52. The van der Waals surface area contributed by atoms with Crippen LogP contribution in [0.2, 0.25) is 5.02 Å². The van der Waals surface area contributed by atoms with Crippen molar-refractivity contribution in [3.8, 4) is 5.75 Å². The maximum absolute atomic E-state index is 12.4. The maximum atomic E-state index is 12.4. The maximum Gasteiger partial charge on any atom is 0.251 e. The molecule has 0 bridgehead atoms. The molecule has 0 aliphatic rings. The van der Waals surface area contributed by atoms with E-state index in [1.807, 2.05) is 43.5 Å². The second kappa shape index (κ2) is 8.34. The van der Waals surface area contributed by atoms with Gasteiger partial charge in [0.1, 0.15) is 12.4 Å². The van der Waals surface area contributed by atoms with Gasteiger partial charge in [-0.3, -0.25) is 4.79 Å². The number of nitrogens with one attached hydrogen (secondary N) is 1. The number of carbonyl (C=O) groups is 1. The van der Waals surface area contributed by atoms with Crippen LogP contribution in [0.15, 0.2) is 53.9 Å². The third-order valence-electron chi connectivity index (χ3n) is 3.89. The highest BCUT2D eigenvalue weighted by atomic mass is 35.5. The van der Waals surface area contributed by atoms with E-state index in [-0.39, 0.29) is 11.9 Å². The van der Waals surface area contributed by atoms with Gasteiger partial charge >= 0.3 is 0 Å². The van der Waals surface area contributed by atoms with E-state index in [0.717, 1.165) is 16.3 Å². The summed E-state index contributed by atoms with van der Waals surface area (Å²) in [4.78, 5) is 16.8. The van der Waals surface area contributed by atoms with Crippen LogP contribution in [-0.2, 0) is 6.61 Å². The summed E-state index contributed by atoms with van der Waals surface area (Å²) in [5.74, 6) is 0.547. The lowest BCUT2D eigenvalue weighted by atomic mass is 10.1. The normalized spacial score (nSPS) is 11.8. The van der Waals surface area contributed by atoms with Gasteiger partial charge in [0.2, 0.25) is 0 Å². The second-order valence-electron chi connectivity index (χ2n) is 5.89. The van der Waals surface area contributed by atoms with Crippen LogP contribution in [0.1, 0.15) is 39.6 Å². The smallest absolute Gasteiger partial charge is 0.251 e. The molecule has 1 amide bonds. The lowest BCUT2D eigenvalue weighted by Gasteiger charge is -2.16. The number of hydrogen-bond donors (Lipinski definition) is 1. The molecule has 1 aromatic heterocycles. The Balaban J connectivity index is 1.59. The molecule has 0 aliphatic heterocycles. The van der Waals surface area contributed by atoms with E-state index < -0.39 is 0 Å². The van der Waals surface area contributed by atoms with Gasteiger partial charge in [0, 0.05) is 16.0 Å². The molecule has 3 aromatic rings. The molecule has 0 spiro atoms. The minimum Gasteiger partial charge on any atom is -0.487 e. The molecule has 134 valence electrons. The van der Waals surface area contributed by atoms with E-state index in [1.165, 1.54) is 0 Å². The monoisotopic (exact) mass is 386 g/mol. The molecular formula is C20H19ClN2O2S. The predicted octanol–water partition coefficient (Wildman–Crippen LogP) is 5.17. The summed E-state index contributed by atoms with van der Waals surface area (Å²) in [7, 11) is 0. The van der Waals surface area contributed by atoms with E-state index in [0.29, 0.717) is 22.9 Å². The highest BCUT2D eigenvalue weighted by Gasteiger charge is 2.13. The molecule has 0 saturated carbocycles. The van der Waals surface area contributed by atoms with Crippen molar-refractivity contribution in [3.05, 3.63) is 80.8 Å². The van der Waals surface area contributed by atoms with Gasteiger partial charge in [0.15, 0.2) is 0 Å². The Hall–Kier alpha value is -2.37. The van der Waals surface area contributed by atoms with Crippen molar-refractivity contribution < 1.29 is 9.53 Å². The predicted molar refractivity (Wildman–Crippen MR) is 105 cm³/mol. The number of hydrogen-bond acceptors (Lipinski definition) is 4. The van der Waals surface area contributed by atoms with Crippen molar-refractivity contribution in [1.29, 1.82) is 0 Å². The third-order valence-corrected chi connectivity index (χ3v) is 5.06. The Morgan fingerprint density at radius 1 is 1.23 bits per heavy atom. The second-order valence-corrected chi connectivity index (χ2v) is 7.36. The highest BCUT2D eigenvalue weighted by Crippen LogP contribution is 2.23. The lowest BCUT2D eigenvalue weighted by molar-refractivity contribution is 0.0940. The molecular weight excluding hydrogens is 368 g/mol. The van der Waals surface area contributed by atoms with Crippen molar-refractivity contribution in [1.82, 2.24) is 10.3 Å². The Morgan fingerprint density at radius 3 is 2.62 bits per heavy atom. The van der Waals surface area contributed by atoms with Gasteiger partial charge in [0.25, 0.3) is 5.91 Å². The fourth-order valence-corrected chi connectivity index (χ4v) is 3.42. The average Bonchev–Trinajstić information content (AvgIpc) is 3.06. The summed E-state index contributed by atoms with van der Waals surface area (Å²) in [5.41, 5.74) is 2.37. The Labute approximate surface area is 161 Å². The van der Waals surface area contributed by atoms with Gasteiger partial charge in [-0.15, -0.1) is 11.3 Å². The van der Waals surface area contributed by atoms with Gasteiger partial charge in [-0.05, 0) is 49.7 Å². The SMILES string of the molecule is Cc1nc(COc2ccc(C(=O)N[C@H](C)c3ccccc3Cl)cc2)cs1. The van der Waals surface area contributed by atoms with E-state index in [4.69, 9.17) is 16.3 Å². The summed E-state index contributed by atoms with van der Waals surface area (Å²) < 4.78 is 5.70. The Kier molecular flexibility index (Phi) is 5.91. The zero-order chi connectivity index (χ0) is 18.5. The lowest BCUT2D eigenvalue weighted by Crippen LogP contribution is -2.26. The van der Waals surface area contributed by atoms with Crippen LogP contribution in [0.5, 0.6) is 5.75 Å². The number of rotatable bonds is 6. The number of halogens is 1. The zero-order valence-electron chi connectivity index (χ0n) is 14.5. The summed E-state index contributed by atoms with van der Waals surface area (Å²) in [5, 5.41) is 6.60. The molecule has 1 heterocycles. The molecule has 0 aliphatic carbocycles. The first kappa shape index (κ1) is 18.4. The number of aryl methyl sites for hydroxylation is 1. The first-order valence-electron chi connectivity index (χ1n) is 8.22. The van der Waals surface area contributed by atoms with Gasteiger partial charge < -0.3 is 10.1 Å². The molecule has 1 atom stereocenters. The van der Waals surface area contributed by atoms with E-state index in [1.54, 1.807) is 35.6 Å². The van der Waals surface area contributed by atoms with E-state index in [2.05, 4.69) is 10.3 Å². The molecule has 0 unspecified atom stereocenters. The molecule has 3 rings (SSSR count). The number of benzene rings is 2. The molecule has 4 nitrogen and oxygen atoms in total. The van der Waals surface area contributed by atoms with Gasteiger partial charge in [-0.2, -0.15) is 0 Å². The molecule has 6 heteroatoms. The fraction of sp³-hybridized carbons (Fsp3) is 0.200. The van der Waals surface area contributed by atoms with Crippen LogP contribution in [0.4, 0.5) is 0 Å². The third kappa shape index (κ3) is 4.62. The van der Waals surface area contributed by atoms with Crippen LogP contribution < -0.4 is 10.1 Å². The summed E-state index contributed by atoms with van der Waals surface area (Å²) in [6.45, 7) is 4.29. The molecule has 0 saturated heterocycles. The number of thiazole rings is 1. The van der Waals surface area contributed by atoms with Crippen LogP contribution in [0.3, 0.4) is 0 Å². The molecule has 2 aromatic carbocycles. The van der Waals surface area contributed by atoms with E-state index >= 15 is 0 Å². The van der Waals surface area contributed by atoms with Gasteiger partial charge in [0.05, 0.1) is 16.7 Å². The number of ether oxygens (including phenoxy) is 1. The van der Waals surface area contributed by atoms with Gasteiger partial charge in [-0.1, -0.05) is 29.8 Å². The van der Waals surface area contributed by atoms with Crippen LogP contribution in [-0.4, -0.2) is 10.9 Å². The van der Waals surface area contributed by atoms with Crippen molar-refractivity contribution in [2.45, 2.75) is 26.5 Å². The summed E-state index contributed by atoms with van der Waals surface area (Å²) in [6.07, 6.45) is 0. The quantitative estimate of drug-likeness (QED) is 0.635. The number of amides is 1. The van der Waals surface area contributed by atoms with Crippen LogP contribution in [0, 0.1) is 6.92 Å². The number of nitrogens with zero attached hydrogens (tertiary/aromatic N) is 1. The highest BCUT2D eigenvalue weighted by molar-refractivity contribution is 7.09. The molecule has 26 heavy (non-hydrogen) atoms. The van der Waals surface area contributed by atoms with Crippen molar-refractivity contribution in [2.24, 2.45) is 0 Å². The first-order chi connectivity index (χ1) is 12.5. The molecule has 1 N–H and O–H groups in total.